The zero-order valence-electron chi connectivity index (χ0n) is 17.7. The molecule has 0 atom stereocenters. The molecule has 31 heavy (non-hydrogen) atoms. The van der Waals surface area contributed by atoms with Crippen LogP contribution in [0, 0.1) is 6.92 Å². The van der Waals surface area contributed by atoms with Crippen LogP contribution in [0.3, 0.4) is 0 Å². The van der Waals surface area contributed by atoms with E-state index in [0.717, 1.165) is 41.3 Å². The van der Waals surface area contributed by atoms with Crippen LogP contribution in [0.1, 0.15) is 17.2 Å². The molecule has 0 aliphatic carbocycles. The van der Waals surface area contributed by atoms with Crippen LogP contribution in [0.25, 0.3) is 22.2 Å². The second-order valence-electron chi connectivity index (χ2n) is 7.95. The van der Waals surface area contributed by atoms with Gasteiger partial charge in [0, 0.05) is 61.1 Å². The number of nitrogens with zero attached hydrogens (tertiary/aromatic N) is 6. The normalized spacial score (nSPS) is 14.6. The Bertz CT molecular complexity index is 1300. The van der Waals surface area contributed by atoms with Crippen molar-refractivity contribution in [2.75, 3.05) is 13.1 Å². The van der Waals surface area contributed by atoms with E-state index < -0.39 is 0 Å². The van der Waals surface area contributed by atoms with Gasteiger partial charge in [-0.15, -0.1) is 0 Å². The fourth-order valence-corrected chi connectivity index (χ4v) is 4.12. The summed E-state index contributed by atoms with van der Waals surface area (Å²) < 4.78 is 2.12. The van der Waals surface area contributed by atoms with Gasteiger partial charge in [-0.1, -0.05) is 24.3 Å². The smallest absolute Gasteiger partial charge is 0.225 e. The minimum atomic E-state index is 0.277. The van der Waals surface area contributed by atoms with Crippen molar-refractivity contribution < 1.29 is 0 Å². The fraction of sp³-hybridized carbons (Fsp3) is 0.200. The third kappa shape index (κ3) is 3.50. The van der Waals surface area contributed by atoms with Crippen LogP contribution in [-0.4, -0.2) is 45.2 Å². The van der Waals surface area contributed by atoms with Gasteiger partial charge in [-0.05, 0) is 43.5 Å². The molecule has 0 spiro atoms. The predicted octanol–water partition coefficient (Wildman–Crippen LogP) is 4.73. The SMILES string of the molecule is C=NC(=Nc1ccccc1C)N1CC(c2nccnc2-c2ccc3c(ccn3C)c2)C1. The molecule has 3 heterocycles. The summed E-state index contributed by atoms with van der Waals surface area (Å²) in [6.45, 7) is 7.37. The summed E-state index contributed by atoms with van der Waals surface area (Å²) in [7, 11) is 2.06. The molecule has 2 aromatic carbocycles. The van der Waals surface area contributed by atoms with Crippen molar-refractivity contribution in [1.29, 1.82) is 0 Å². The first-order valence-corrected chi connectivity index (χ1v) is 10.4. The van der Waals surface area contributed by atoms with E-state index in [9.17, 15) is 0 Å². The van der Waals surface area contributed by atoms with Gasteiger partial charge < -0.3 is 9.47 Å². The van der Waals surface area contributed by atoms with E-state index >= 15 is 0 Å². The van der Waals surface area contributed by atoms with Gasteiger partial charge in [0.05, 0.1) is 17.1 Å². The Kier molecular flexibility index (Phi) is 4.82. The number of fused-ring (bicyclic) bond motifs is 1. The summed E-state index contributed by atoms with van der Waals surface area (Å²) in [6.07, 6.45) is 5.62. The van der Waals surface area contributed by atoms with E-state index in [-0.39, 0.29) is 5.92 Å². The minimum absolute atomic E-state index is 0.277. The Hall–Kier alpha value is -3.80. The Labute approximate surface area is 181 Å². The van der Waals surface area contributed by atoms with Crippen molar-refractivity contribution >= 4 is 29.3 Å². The highest BCUT2D eigenvalue weighted by Crippen LogP contribution is 2.34. The lowest BCUT2D eigenvalue weighted by molar-refractivity contribution is 0.246. The number of guanidine groups is 1. The van der Waals surface area contributed by atoms with Crippen molar-refractivity contribution in [3.8, 4) is 11.3 Å². The van der Waals surface area contributed by atoms with Gasteiger partial charge in [0.1, 0.15) is 0 Å². The molecule has 0 unspecified atom stereocenters. The molecule has 0 N–H and O–H groups in total. The van der Waals surface area contributed by atoms with Crippen LogP contribution < -0.4 is 0 Å². The maximum atomic E-state index is 4.72. The number of aliphatic imine (C=N–C) groups is 2. The lowest BCUT2D eigenvalue weighted by Crippen LogP contribution is -2.48. The quantitative estimate of drug-likeness (QED) is 0.364. The summed E-state index contributed by atoms with van der Waals surface area (Å²) in [5, 5.41) is 1.20. The summed E-state index contributed by atoms with van der Waals surface area (Å²) in [4.78, 5) is 20.4. The van der Waals surface area contributed by atoms with Crippen molar-refractivity contribution in [2.24, 2.45) is 17.0 Å². The molecule has 1 aliphatic rings. The fourth-order valence-electron chi connectivity index (χ4n) is 4.12. The summed E-state index contributed by atoms with van der Waals surface area (Å²) in [6, 6.07) is 16.6. The van der Waals surface area contributed by atoms with Crippen LogP contribution >= 0.6 is 0 Å². The number of rotatable bonds is 3. The van der Waals surface area contributed by atoms with Gasteiger partial charge in [-0.2, -0.15) is 0 Å². The first-order valence-electron chi connectivity index (χ1n) is 10.4. The van der Waals surface area contributed by atoms with Gasteiger partial charge >= 0.3 is 0 Å². The average molecular weight is 409 g/mol. The van der Waals surface area contributed by atoms with Crippen molar-refractivity contribution in [1.82, 2.24) is 19.4 Å². The Morgan fingerprint density at radius 3 is 2.68 bits per heavy atom. The number of benzene rings is 2. The van der Waals surface area contributed by atoms with E-state index in [2.05, 4.69) is 63.7 Å². The molecular formula is C25H24N6. The molecule has 6 heteroatoms. The Morgan fingerprint density at radius 1 is 1.06 bits per heavy atom. The van der Waals surface area contributed by atoms with E-state index in [0.29, 0.717) is 5.96 Å². The Balaban J connectivity index is 1.40. The van der Waals surface area contributed by atoms with Crippen LogP contribution in [-0.2, 0) is 7.05 Å². The molecule has 0 bridgehead atoms. The molecule has 6 nitrogen and oxygen atoms in total. The molecule has 1 saturated heterocycles. The molecule has 1 fully saturated rings. The molecule has 1 aliphatic heterocycles. The highest BCUT2D eigenvalue weighted by Gasteiger charge is 2.33. The maximum absolute atomic E-state index is 4.72. The number of likely N-dealkylation sites (tertiary alicyclic amines) is 1. The molecule has 5 rings (SSSR count). The second kappa shape index (κ2) is 7.80. The van der Waals surface area contributed by atoms with E-state index in [1.807, 2.05) is 31.2 Å². The Morgan fingerprint density at radius 2 is 1.87 bits per heavy atom. The lowest BCUT2D eigenvalue weighted by atomic mass is 9.92. The molecule has 0 radical (unpaired) electrons. The number of hydrogen-bond donors (Lipinski definition) is 0. The topological polar surface area (TPSA) is 58.7 Å². The number of para-hydroxylation sites is 1. The van der Waals surface area contributed by atoms with Crippen molar-refractivity contribution in [2.45, 2.75) is 12.8 Å². The van der Waals surface area contributed by atoms with Crippen molar-refractivity contribution in [3.63, 3.8) is 0 Å². The van der Waals surface area contributed by atoms with Gasteiger partial charge in [-0.3, -0.25) is 9.97 Å². The monoisotopic (exact) mass is 408 g/mol. The largest absolute Gasteiger partial charge is 0.351 e. The highest BCUT2D eigenvalue weighted by molar-refractivity contribution is 5.88. The van der Waals surface area contributed by atoms with Gasteiger partial charge in [0.15, 0.2) is 0 Å². The van der Waals surface area contributed by atoms with Crippen LogP contribution in [0.15, 0.2) is 77.1 Å². The summed E-state index contributed by atoms with van der Waals surface area (Å²) in [5.41, 5.74) is 6.31. The molecular weight excluding hydrogens is 384 g/mol. The zero-order valence-corrected chi connectivity index (χ0v) is 17.7. The van der Waals surface area contributed by atoms with E-state index in [1.54, 1.807) is 12.4 Å². The van der Waals surface area contributed by atoms with Gasteiger partial charge in [0.25, 0.3) is 0 Å². The summed E-state index contributed by atoms with van der Waals surface area (Å²) >= 11 is 0. The van der Waals surface area contributed by atoms with Crippen LogP contribution in [0.2, 0.25) is 0 Å². The van der Waals surface area contributed by atoms with Crippen LogP contribution in [0.4, 0.5) is 5.69 Å². The molecule has 0 amide bonds. The lowest BCUT2D eigenvalue weighted by Gasteiger charge is -2.39. The first kappa shape index (κ1) is 19.2. The predicted molar refractivity (Wildman–Crippen MR) is 126 cm³/mol. The van der Waals surface area contributed by atoms with E-state index in [4.69, 9.17) is 9.98 Å². The molecule has 0 saturated carbocycles. The molecule has 2 aromatic heterocycles. The molecule has 154 valence electrons. The average Bonchev–Trinajstić information content (AvgIpc) is 3.14. The highest BCUT2D eigenvalue weighted by atomic mass is 15.3. The third-order valence-electron chi connectivity index (χ3n) is 5.91. The first-order chi connectivity index (χ1) is 15.1. The van der Waals surface area contributed by atoms with E-state index in [1.165, 1.54) is 10.9 Å². The number of aryl methyl sites for hydroxylation is 2. The van der Waals surface area contributed by atoms with Crippen molar-refractivity contribution in [3.05, 3.63) is 78.4 Å². The summed E-state index contributed by atoms with van der Waals surface area (Å²) in [5.74, 6) is 0.931. The third-order valence-corrected chi connectivity index (χ3v) is 5.91. The van der Waals surface area contributed by atoms with Crippen LogP contribution in [0.5, 0.6) is 0 Å². The zero-order chi connectivity index (χ0) is 21.4. The standard InChI is InChI=1S/C25H24N6/c1-17-6-4-5-7-21(17)29-25(26-2)31-15-20(16-31)24-23(27-11-12-28-24)19-8-9-22-18(14-19)10-13-30(22)3/h4-14,20H,2,15-16H2,1,3H3. The number of aromatic nitrogens is 3. The second-order valence-corrected chi connectivity index (χ2v) is 7.95. The molecule has 4 aromatic rings. The van der Waals surface area contributed by atoms with Gasteiger partial charge in [0.2, 0.25) is 5.96 Å². The number of hydrogen-bond acceptors (Lipinski definition) is 3. The maximum Gasteiger partial charge on any atom is 0.225 e. The van der Waals surface area contributed by atoms with Gasteiger partial charge in [-0.25, -0.2) is 9.98 Å². The minimum Gasteiger partial charge on any atom is -0.351 e.